The number of carbonyl (C=O) groups excluding carboxylic acids is 1. The highest BCUT2D eigenvalue weighted by molar-refractivity contribution is 8.00. The molecule has 1 aromatic carbocycles. The van der Waals surface area contributed by atoms with E-state index < -0.39 is 0 Å². The lowest BCUT2D eigenvalue weighted by atomic mass is 10.2. The summed E-state index contributed by atoms with van der Waals surface area (Å²) in [6, 6.07) is 8.04. The smallest absolute Gasteiger partial charge is 0.230 e. The molecule has 0 aliphatic heterocycles. The number of hydrogen-bond acceptors (Lipinski definition) is 3. The monoisotopic (exact) mass is 289 g/mol. The highest BCUT2D eigenvalue weighted by atomic mass is 32.2. The predicted octanol–water partition coefficient (Wildman–Crippen LogP) is 3.08. The zero-order chi connectivity index (χ0) is 14.4. The first-order valence-corrected chi connectivity index (χ1v) is 7.66. The molecule has 20 heavy (non-hydrogen) atoms. The molecular weight excluding hydrogens is 270 g/mol. The minimum absolute atomic E-state index is 0.0292. The van der Waals surface area contributed by atoms with Crippen LogP contribution in [0, 0.1) is 6.92 Å². The topological polar surface area (TPSA) is 57.8 Å². The third-order valence-electron chi connectivity index (χ3n) is 3.05. The van der Waals surface area contributed by atoms with Gasteiger partial charge in [0, 0.05) is 17.3 Å². The van der Waals surface area contributed by atoms with E-state index in [1.165, 1.54) is 5.56 Å². The van der Waals surface area contributed by atoms with Crippen molar-refractivity contribution >= 4 is 17.7 Å². The molecule has 0 aliphatic rings. The fraction of sp³-hybridized carbons (Fsp3) is 0.333. The maximum absolute atomic E-state index is 12.0. The lowest BCUT2D eigenvalue weighted by Crippen LogP contribution is -2.30. The first-order valence-electron chi connectivity index (χ1n) is 6.67. The summed E-state index contributed by atoms with van der Waals surface area (Å²) in [5, 5.41) is 3.01. The van der Waals surface area contributed by atoms with E-state index in [9.17, 15) is 4.79 Å². The van der Waals surface area contributed by atoms with Gasteiger partial charge in [-0.3, -0.25) is 4.79 Å². The highest BCUT2D eigenvalue weighted by Crippen LogP contribution is 2.21. The van der Waals surface area contributed by atoms with Gasteiger partial charge < -0.3 is 10.3 Å². The minimum atomic E-state index is -0.0463. The zero-order valence-corrected chi connectivity index (χ0v) is 12.5. The molecule has 2 N–H and O–H groups in total. The van der Waals surface area contributed by atoms with Crippen LogP contribution in [0.3, 0.4) is 0 Å². The van der Waals surface area contributed by atoms with Crippen molar-refractivity contribution in [1.29, 1.82) is 0 Å². The molecule has 1 unspecified atom stereocenters. The Labute approximate surface area is 123 Å². The zero-order valence-electron chi connectivity index (χ0n) is 11.7. The molecule has 0 spiro atoms. The molecule has 0 fully saturated rings. The third kappa shape index (κ3) is 3.87. The van der Waals surface area contributed by atoms with Gasteiger partial charge in [-0.05, 0) is 25.0 Å². The molecule has 4 nitrogen and oxygen atoms in total. The van der Waals surface area contributed by atoms with Crippen LogP contribution in [0.5, 0.6) is 0 Å². The molecule has 0 saturated carbocycles. The Morgan fingerprint density at radius 1 is 1.45 bits per heavy atom. The van der Waals surface area contributed by atoms with Gasteiger partial charge in [0.2, 0.25) is 5.91 Å². The van der Waals surface area contributed by atoms with E-state index in [2.05, 4.69) is 28.3 Å². The van der Waals surface area contributed by atoms with Crippen LogP contribution in [0.15, 0.2) is 41.6 Å². The predicted molar refractivity (Wildman–Crippen MR) is 81.7 cm³/mol. The van der Waals surface area contributed by atoms with E-state index in [4.69, 9.17) is 0 Å². The Morgan fingerprint density at radius 3 is 2.90 bits per heavy atom. The van der Waals surface area contributed by atoms with Crippen molar-refractivity contribution in [2.45, 2.75) is 31.2 Å². The molecule has 2 rings (SSSR count). The van der Waals surface area contributed by atoms with Crippen LogP contribution >= 0.6 is 11.8 Å². The molecule has 1 atom stereocenters. The Kier molecular flexibility index (Phi) is 5.24. The van der Waals surface area contributed by atoms with Crippen LogP contribution in [0.4, 0.5) is 0 Å². The molecule has 0 aliphatic carbocycles. The summed E-state index contributed by atoms with van der Waals surface area (Å²) < 4.78 is 0. The largest absolute Gasteiger partial charge is 0.347 e. The van der Waals surface area contributed by atoms with Crippen molar-refractivity contribution in [2.75, 3.05) is 5.75 Å². The number of H-pyrrole nitrogens is 1. The van der Waals surface area contributed by atoms with Crippen LogP contribution in [-0.4, -0.2) is 21.6 Å². The standard InChI is InChI=1S/C15H19N3OS/c1-3-12(15-16-8-9-17-15)18-14(19)10-20-13-7-5-4-6-11(13)2/h4-9,12H,3,10H2,1-2H3,(H,16,17)(H,18,19). The Hall–Kier alpha value is -1.75. The quantitative estimate of drug-likeness (QED) is 0.803. The number of nitrogens with one attached hydrogen (secondary N) is 2. The van der Waals surface area contributed by atoms with Gasteiger partial charge in [-0.25, -0.2) is 4.98 Å². The molecule has 0 radical (unpaired) electrons. The number of nitrogens with zero attached hydrogens (tertiary/aromatic N) is 1. The molecular formula is C15H19N3OS. The molecule has 1 heterocycles. The maximum atomic E-state index is 12.0. The number of aromatic nitrogens is 2. The van der Waals surface area contributed by atoms with Crippen LogP contribution in [-0.2, 0) is 4.79 Å². The summed E-state index contributed by atoms with van der Waals surface area (Å²) in [5.74, 6) is 1.26. The third-order valence-corrected chi connectivity index (χ3v) is 4.22. The average Bonchev–Trinajstić information content (AvgIpc) is 2.98. The average molecular weight is 289 g/mol. The SMILES string of the molecule is CCC(NC(=O)CSc1ccccc1C)c1ncc[nH]1. The van der Waals surface area contributed by atoms with Crippen molar-refractivity contribution in [3.05, 3.63) is 48.0 Å². The number of aryl methyl sites for hydroxylation is 1. The minimum Gasteiger partial charge on any atom is -0.347 e. The second kappa shape index (κ2) is 7.14. The van der Waals surface area contributed by atoms with Gasteiger partial charge in [0.05, 0.1) is 11.8 Å². The fourth-order valence-electron chi connectivity index (χ4n) is 1.93. The lowest BCUT2D eigenvalue weighted by molar-refractivity contribution is -0.119. The first-order chi connectivity index (χ1) is 9.70. The van der Waals surface area contributed by atoms with Crippen LogP contribution in [0.25, 0.3) is 0 Å². The normalized spacial score (nSPS) is 12.1. The van der Waals surface area contributed by atoms with Crippen LogP contribution in [0.2, 0.25) is 0 Å². The first kappa shape index (κ1) is 14.7. The maximum Gasteiger partial charge on any atom is 0.230 e. The highest BCUT2D eigenvalue weighted by Gasteiger charge is 2.14. The number of aromatic amines is 1. The molecule has 106 valence electrons. The molecule has 5 heteroatoms. The summed E-state index contributed by atoms with van der Waals surface area (Å²) in [5.41, 5.74) is 1.20. The molecule has 1 amide bonds. The van der Waals surface area contributed by atoms with Gasteiger partial charge in [0.25, 0.3) is 0 Å². The summed E-state index contributed by atoms with van der Waals surface area (Å²) in [4.78, 5) is 20.4. The Balaban J connectivity index is 1.88. The van der Waals surface area contributed by atoms with Gasteiger partial charge in [0.1, 0.15) is 5.82 Å². The summed E-state index contributed by atoms with van der Waals surface area (Å²) in [7, 11) is 0. The van der Waals surface area contributed by atoms with Gasteiger partial charge in [-0.15, -0.1) is 11.8 Å². The van der Waals surface area contributed by atoms with Crippen molar-refractivity contribution in [2.24, 2.45) is 0 Å². The number of carbonyl (C=O) groups is 1. The van der Waals surface area contributed by atoms with Crippen LogP contribution in [0.1, 0.15) is 30.8 Å². The number of imidazole rings is 1. The second-order valence-corrected chi connectivity index (χ2v) is 5.57. The summed E-state index contributed by atoms with van der Waals surface area (Å²) >= 11 is 1.56. The van der Waals surface area contributed by atoms with E-state index in [1.54, 1.807) is 24.2 Å². The van der Waals surface area contributed by atoms with E-state index in [-0.39, 0.29) is 11.9 Å². The van der Waals surface area contributed by atoms with Crippen molar-refractivity contribution in [3.63, 3.8) is 0 Å². The molecule has 0 bridgehead atoms. The lowest BCUT2D eigenvalue weighted by Gasteiger charge is -2.14. The van der Waals surface area contributed by atoms with E-state index in [1.807, 2.05) is 25.1 Å². The fourth-order valence-corrected chi connectivity index (χ4v) is 2.77. The van der Waals surface area contributed by atoms with E-state index >= 15 is 0 Å². The molecule has 0 saturated heterocycles. The van der Waals surface area contributed by atoms with Gasteiger partial charge in [-0.2, -0.15) is 0 Å². The summed E-state index contributed by atoms with van der Waals surface area (Å²) in [6.07, 6.45) is 4.28. The van der Waals surface area contributed by atoms with Crippen molar-refractivity contribution in [1.82, 2.24) is 15.3 Å². The number of rotatable bonds is 6. The number of hydrogen-bond donors (Lipinski definition) is 2. The van der Waals surface area contributed by atoms with E-state index in [0.29, 0.717) is 5.75 Å². The Morgan fingerprint density at radius 2 is 2.25 bits per heavy atom. The molecule has 2 aromatic rings. The van der Waals surface area contributed by atoms with Gasteiger partial charge in [-0.1, -0.05) is 25.1 Å². The number of benzene rings is 1. The Bertz CT molecular complexity index is 554. The summed E-state index contributed by atoms with van der Waals surface area (Å²) in [6.45, 7) is 4.08. The number of amides is 1. The van der Waals surface area contributed by atoms with Crippen LogP contribution < -0.4 is 5.32 Å². The van der Waals surface area contributed by atoms with Crippen molar-refractivity contribution < 1.29 is 4.79 Å². The van der Waals surface area contributed by atoms with Gasteiger partial charge in [0.15, 0.2) is 0 Å². The van der Waals surface area contributed by atoms with E-state index in [0.717, 1.165) is 17.1 Å². The number of thioether (sulfide) groups is 1. The molecule has 1 aromatic heterocycles. The van der Waals surface area contributed by atoms with Crippen molar-refractivity contribution in [3.8, 4) is 0 Å². The van der Waals surface area contributed by atoms with Gasteiger partial charge >= 0.3 is 0 Å². The second-order valence-electron chi connectivity index (χ2n) is 4.56.